The molecule has 6 nitrogen and oxygen atoms in total. The second-order valence-electron chi connectivity index (χ2n) is 7.20. The highest BCUT2D eigenvalue weighted by molar-refractivity contribution is 5.93. The summed E-state index contributed by atoms with van der Waals surface area (Å²) in [5.41, 5.74) is 1.54. The van der Waals surface area contributed by atoms with Crippen molar-refractivity contribution in [1.29, 1.82) is 0 Å². The smallest absolute Gasteiger partial charge is 0.355 e. The maximum absolute atomic E-state index is 13.3. The van der Waals surface area contributed by atoms with E-state index in [2.05, 4.69) is 20.5 Å². The third-order valence-corrected chi connectivity index (χ3v) is 5.13. The van der Waals surface area contributed by atoms with Crippen LogP contribution in [0.4, 0.5) is 24.7 Å². The van der Waals surface area contributed by atoms with Gasteiger partial charge >= 0.3 is 6.18 Å². The van der Waals surface area contributed by atoms with Crippen LogP contribution in [0.2, 0.25) is 0 Å². The molecule has 0 bridgehead atoms. The van der Waals surface area contributed by atoms with Gasteiger partial charge in [0.25, 0.3) is 0 Å². The molecule has 3 heterocycles. The fraction of sp³-hybridized carbons (Fsp3) is 0.286. The normalized spacial score (nSPS) is 17.0. The van der Waals surface area contributed by atoms with Gasteiger partial charge in [0.2, 0.25) is 5.91 Å². The maximum Gasteiger partial charge on any atom is 0.419 e. The van der Waals surface area contributed by atoms with Crippen molar-refractivity contribution in [2.24, 2.45) is 5.92 Å². The van der Waals surface area contributed by atoms with Gasteiger partial charge in [0.15, 0.2) is 0 Å². The van der Waals surface area contributed by atoms with E-state index in [-0.39, 0.29) is 18.3 Å². The van der Waals surface area contributed by atoms with Crippen LogP contribution in [0.15, 0.2) is 54.9 Å². The minimum absolute atomic E-state index is 0.122. The van der Waals surface area contributed by atoms with Gasteiger partial charge in [-0.2, -0.15) is 18.3 Å². The van der Waals surface area contributed by atoms with Crippen LogP contribution in [-0.2, 0) is 11.0 Å². The lowest BCUT2D eigenvalue weighted by molar-refractivity contribution is -0.137. The molecule has 0 aliphatic carbocycles. The zero-order valence-corrected chi connectivity index (χ0v) is 16.0. The fourth-order valence-electron chi connectivity index (χ4n) is 3.68. The van der Waals surface area contributed by atoms with E-state index in [1.165, 1.54) is 12.3 Å². The van der Waals surface area contributed by atoms with E-state index in [4.69, 9.17) is 0 Å². The van der Waals surface area contributed by atoms with Gasteiger partial charge in [-0.15, -0.1) is 0 Å². The van der Waals surface area contributed by atoms with Crippen molar-refractivity contribution >= 4 is 17.4 Å². The number of pyridine rings is 1. The Balaban J connectivity index is 1.48. The van der Waals surface area contributed by atoms with Gasteiger partial charge in [0, 0.05) is 36.7 Å². The van der Waals surface area contributed by atoms with Crippen LogP contribution < -0.4 is 10.2 Å². The Hall–Kier alpha value is -3.36. The van der Waals surface area contributed by atoms with Crippen LogP contribution >= 0.6 is 0 Å². The Bertz CT molecular complexity index is 1020. The fourth-order valence-corrected chi connectivity index (χ4v) is 3.68. The summed E-state index contributed by atoms with van der Waals surface area (Å²) in [5.74, 6) is -0.771. The second-order valence-corrected chi connectivity index (χ2v) is 7.20. The summed E-state index contributed by atoms with van der Waals surface area (Å²) in [6, 6.07) is 11.4. The first kappa shape index (κ1) is 19.9. The zero-order valence-electron chi connectivity index (χ0n) is 16.0. The largest absolute Gasteiger partial charge is 0.419 e. The minimum Gasteiger partial charge on any atom is -0.355 e. The molecule has 0 saturated carbocycles. The van der Waals surface area contributed by atoms with Crippen LogP contribution in [0.25, 0.3) is 11.3 Å². The van der Waals surface area contributed by atoms with Crippen molar-refractivity contribution in [1.82, 2.24) is 15.2 Å². The van der Waals surface area contributed by atoms with Crippen LogP contribution in [0.3, 0.4) is 0 Å². The Labute approximate surface area is 171 Å². The molecule has 1 aliphatic rings. The number of aromatic nitrogens is 3. The summed E-state index contributed by atoms with van der Waals surface area (Å²) >= 11 is 0. The first-order valence-electron chi connectivity index (χ1n) is 9.59. The second kappa shape index (κ2) is 8.17. The van der Waals surface area contributed by atoms with Crippen molar-refractivity contribution in [3.05, 3.63) is 60.4 Å². The molecule has 9 heteroatoms. The van der Waals surface area contributed by atoms with E-state index in [0.717, 1.165) is 17.3 Å². The van der Waals surface area contributed by atoms with Crippen LogP contribution in [0.5, 0.6) is 0 Å². The number of piperidine rings is 1. The van der Waals surface area contributed by atoms with Gasteiger partial charge in [-0.1, -0.05) is 12.1 Å². The number of amides is 1. The highest BCUT2D eigenvalue weighted by atomic mass is 19.4. The minimum atomic E-state index is -4.49. The number of rotatable bonds is 4. The van der Waals surface area contributed by atoms with E-state index in [0.29, 0.717) is 25.1 Å². The van der Waals surface area contributed by atoms with Gasteiger partial charge < -0.3 is 10.2 Å². The molecule has 156 valence electrons. The van der Waals surface area contributed by atoms with Gasteiger partial charge in [0.1, 0.15) is 5.82 Å². The first-order chi connectivity index (χ1) is 14.4. The van der Waals surface area contributed by atoms with E-state index >= 15 is 0 Å². The molecule has 1 aliphatic heterocycles. The molecule has 1 fully saturated rings. The summed E-state index contributed by atoms with van der Waals surface area (Å²) < 4.78 is 40.0. The summed E-state index contributed by atoms with van der Waals surface area (Å²) in [6.07, 6.45) is -0.290. The van der Waals surface area contributed by atoms with Crippen molar-refractivity contribution in [3.8, 4) is 11.3 Å². The Morgan fingerprint density at radius 3 is 2.80 bits per heavy atom. The molecule has 1 amide bonds. The Morgan fingerprint density at radius 1 is 1.17 bits per heavy atom. The maximum atomic E-state index is 13.3. The van der Waals surface area contributed by atoms with E-state index < -0.39 is 17.7 Å². The molecular weight excluding hydrogens is 395 g/mol. The highest BCUT2D eigenvalue weighted by Gasteiger charge is 2.37. The molecule has 1 atom stereocenters. The lowest BCUT2D eigenvalue weighted by Crippen LogP contribution is -2.42. The molecule has 1 aromatic carbocycles. The third-order valence-electron chi connectivity index (χ3n) is 5.13. The molecule has 0 radical (unpaired) electrons. The molecule has 2 N–H and O–H groups in total. The Kier molecular flexibility index (Phi) is 5.43. The summed E-state index contributed by atoms with van der Waals surface area (Å²) in [4.78, 5) is 18.3. The monoisotopic (exact) mass is 415 g/mol. The van der Waals surface area contributed by atoms with Crippen molar-refractivity contribution in [2.75, 3.05) is 23.3 Å². The molecule has 1 saturated heterocycles. The van der Waals surface area contributed by atoms with Gasteiger partial charge in [0.05, 0.1) is 17.2 Å². The number of halogens is 3. The van der Waals surface area contributed by atoms with Crippen LogP contribution in [-0.4, -0.2) is 34.2 Å². The van der Waals surface area contributed by atoms with Crippen LogP contribution in [0, 0.1) is 5.92 Å². The highest BCUT2D eigenvalue weighted by Crippen LogP contribution is 2.36. The van der Waals surface area contributed by atoms with Crippen molar-refractivity contribution < 1.29 is 18.0 Å². The molecular formula is C21H20F3N5O. The number of hydrogen-bond acceptors (Lipinski definition) is 4. The zero-order chi connectivity index (χ0) is 21.1. The molecule has 30 heavy (non-hydrogen) atoms. The Morgan fingerprint density at radius 2 is 2.03 bits per heavy atom. The number of nitrogens with zero attached hydrogens (tertiary/aromatic N) is 3. The lowest BCUT2D eigenvalue weighted by Gasteiger charge is -2.34. The van der Waals surface area contributed by atoms with E-state index in [1.807, 2.05) is 24.3 Å². The van der Waals surface area contributed by atoms with Crippen LogP contribution in [0.1, 0.15) is 18.4 Å². The molecule has 2 aromatic heterocycles. The molecule has 0 spiro atoms. The number of anilines is 2. The average Bonchev–Trinajstić information content (AvgIpc) is 3.28. The predicted molar refractivity (Wildman–Crippen MR) is 107 cm³/mol. The standard InChI is InChI=1S/C21H20F3N5O/c22-21(23,24)17-7-2-9-25-19(17)29-11-3-5-15(13-29)20(30)27-16-6-1-4-14(12-16)18-8-10-26-28-18/h1-2,4,6-10,12,15H,3,5,11,13H2,(H,26,28)(H,27,30)/t15-/m0/s1. The topological polar surface area (TPSA) is 73.9 Å². The lowest BCUT2D eigenvalue weighted by atomic mass is 9.96. The number of aromatic amines is 1. The first-order valence-corrected chi connectivity index (χ1v) is 9.59. The molecule has 0 unspecified atom stereocenters. The molecule has 3 aromatic rings. The number of benzene rings is 1. The van der Waals surface area contributed by atoms with Crippen molar-refractivity contribution in [3.63, 3.8) is 0 Å². The number of nitrogens with one attached hydrogen (secondary N) is 2. The summed E-state index contributed by atoms with van der Waals surface area (Å²) in [7, 11) is 0. The summed E-state index contributed by atoms with van der Waals surface area (Å²) in [6.45, 7) is 0.616. The number of carbonyl (C=O) groups is 1. The average molecular weight is 415 g/mol. The van der Waals surface area contributed by atoms with Gasteiger partial charge in [-0.3, -0.25) is 9.89 Å². The van der Waals surface area contributed by atoms with E-state index in [9.17, 15) is 18.0 Å². The predicted octanol–water partition coefficient (Wildman–Crippen LogP) is 4.35. The third kappa shape index (κ3) is 4.29. The van der Waals surface area contributed by atoms with Gasteiger partial charge in [-0.25, -0.2) is 4.98 Å². The SMILES string of the molecule is O=C(Nc1cccc(-c2ccn[nH]2)c1)[C@H]1CCCN(c2ncccc2C(F)(F)F)C1. The number of H-pyrrole nitrogens is 1. The van der Waals surface area contributed by atoms with Crippen molar-refractivity contribution in [2.45, 2.75) is 19.0 Å². The number of hydrogen-bond donors (Lipinski definition) is 2. The number of carbonyl (C=O) groups excluding carboxylic acids is 1. The summed E-state index contributed by atoms with van der Waals surface area (Å²) in [5, 5.41) is 9.68. The quantitative estimate of drug-likeness (QED) is 0.665. The van der Waals surface area contributed by atoms with E-state index in [1.54, 1.807) is 17.2 Å². The molecule has 4 rings (SSSR count). The number of alkyl halides is 3. The van der Waals surface area contributed by atoms with Gasteiger partial charge in [-0.05, 0) is 43.2 Å².